The highest BCUT2D eigenvalue weighted by Gasteiger charge is 2.08. The van der Waals surface area contributed by atoms with Crippen LogP contribution in [0.25, 0.3) is 21.9 Å². The predicted molar refractivity (Wildman–Crippen MR) is 73.6 cm³/mol. The summed E-state index contributed by atoms with van der Waals surface area (Å²) in [5.41, 5.74) is 3.00. The summed E-state index contributed by atoms with van der Waals surface area (Å²) >= 11 is 0. The SMILES string of the molecule is Cc1ccc(O)c(-c2cccc3ccncc23)c1. The van der Waals surface area contributed by atoms with Crippen LogP contribution in [0.4, 0.5) is 0 Å². The van der Waals surface area contributed by atoms with E-state index in [1.165, 1.54) is 0 Å². The number of aromatic nitrogens is 1. The lowest BCUT2D eigenvalue weighted by Gasteiger charge is -2.09. The molecule has 3 aromatic rings. The van der Waals surface area contributed by atoms with Gasteiger partial charge in [0.15, 0.2) is 0 Å². The second-order valence-electron chi connectivity index (χ2n) is 4.42. The summed E-state index contributed by atoms with van der Waals surface area (Å²) in [7, 11) is 0. The predicted octanol–water partition coefficient (Wildman–Crippen LogP) is 3.92. The van der Waals surface area contributed by atoms with Gasteiger partial charge in [0.2, 0.25) is 0 Å². The molecular weight excluding hydrogens is 222 g/mol. The van der Waals surface area contributed by atoms with Crippen molar-refractivity contribution in [2.75, 3.05) is 0 Å². The summed E-state index contributed by atoms with van der Waals surface area (Å²) < 4.78 is 0. The summed E-state index contributed by atoms with van der Waals surface area (Å²) in [4.78, 5) is 4.17. The number of rotatable bonds is 1. The smallest absolute Gasteiger partial charge is 0.123 e. The zero-order valence-electron chi connectivity index (χ0n) is 10.1. The van der Waals surface area contributed by atoms with Gasteiger partial charge >= 0.3 is 0 Å². The molecule has 3 rings (SSSR count). The van der Waals surface area contributed by atoms with Gasteiger partial charge in [0.25, 0.3) is 0 Å². The quantitative estimate of drug-likeness (QED) is 0.693. The van der Waals surface area contributed by atoms with Gasteiger partial charge < -0.3 is 5.11 Å². The highest BCUT2D eigenvalue weighted by Crippen LogP contribution is 2.34. The molecule has 0 aliphatic rings. The van der Waals surface area contributed by atoms with Crippen molar-refractivity contribution in [2.24, 2.45) is 0 Å². The molecule has 0 bridgehead atoms. The van der Waals surface area contributed by atoms with Crippen molar-refractivity contribution in [1.82, 2.24) is 4.98 Å². The van der Waals surface area contributed by atoms with Crippen LogP contribution in [0.3, 0.4) is 0 Å². The molecule has 0 aliphatic heterocycles. The Balaban J connectivity index is 2.35. The minimum Gasteiger partial charge on any atom is -0.507 e. The molecule has 1 aromatic heterocycles. The van der Waals surface area contributed by atoms with Crippen molar-refractivity contribution in [2.45, 2.75) is 6.92 Å². The van der Waals surface area contributed by atoms with Crippen molar-refractivity contribution in [3.63, 3.8) is 0 Å². The van der Waals surface area contributed by atoms with Gasteiger partial charge in [0, 0.05) is 23.3 Å². The third kappa shape index (κ3) is 1.72. The first-order valence-corrected chi connectivity index (χ1v) is 5.88. The van der Waals surface area contributed by atoms with E-state index in [1.807, 2.05) is 49.5 Å². The van der Waals surface area contributed by atoms with E-state index in [0.717, 1.165) is 27.5 Å². The third-order valence-electron chi connectivity index (χ3n) is 3.13. The molecule has 0 spiro atoms. The van der Waals surface area contributed by atoms with Crippen LogP contribution in [-0.2, 0) is 0 Å². The Bertz CT molecular complexity index is 714. The van der Waals surface area contributed by atoms with Crippen LogP contribution in [0.15, 0.2) is 54.9 Å². The second-order valence-corrected chi connectivity index (χ2v) is 4.42. The van der Waals surface area contributed by atoms with Gasteiger partial charge in [-0.1, -0.05) is 29.8 Å². The zero-order chi connectivity index (χ0) is 12.5. The van der Waals surface area contributed by atoms with Gasteiger partial charge in [-0.3, -0.25) is 4.98 Å². The fraction of sp³-hybridized carbons (Fsp3) is 0.0625. The standard InChI is InChI=1S/C16H13NO/c1-11-5-6-16(18)14(9-11)13-4-2-3-12-7-8-17-10-15(12)13/h2-10,18H,1H3. The topological polar surface area (TPSA) is 33.1 Å². The Morgan fingerprint density at radius 3 is 2.78 bits per heavy atom. The maximum absolute atomic E-state index is 10.0. The van der Waals surface area contributed by atoms with Crippen molar-refractivity contribution < 1.29 is 5.11 Å². The maximum Gasteiger partial charge on any atom is 0.123 e. The molecule has 0 atom stereocenters. The van der Waals surface area contributed by atoms with Crippen LogP contribution in [0.2, 0.25) is 0 Å². The molecule has 0 saturated carbocycles. The molecule has 0 fully saturated rings. The molecule has 2 heteroatoms. The number of nitrogens with zero attached hydrogens (tertiary/aromatic N) is 1. The number of fused-ring (bicyclic) bond motifs is 1. The van der Waals surface area contributed by atoms with Crippen molar-refractivity contribution >= 4 is 10.8 Å². The van der Waals surface area contributed by atoms with Crippen molar-refractivity contribution in [1.29, 1.82) is 0 Å². The fourth-order valence-corrected chi connectivity index (χ4v) is 2.21. The van der Waals surface area contributed by atoms with Gasteiger partial charge in [-0.25, -0.2) is 0 Å². The number of hydrogen-bond acceptors (Lipinski definition) is 2. The summed E-state index contributed by atoms with van der Waals surface area (Å²) in [6.45, 7) is 2.02. The molecule has 1 N–H and O–H groups in total. The van der Waals surface area contributed by atoms with E-state index in [-0.39, 0.29) is 0 Å². The van der Waals surface area contributed by atoms with E-state index in [0.29, 0.717) is 5.75 Å². The maximum atomic E-state index is 10.0. The van der Waals surface area contributed by atoms with E-state index < -0.39 is 0 Å². The summed E-state index contributed by atoms with van der Waals surface area (Å²) in [5.74, 6) is 0.303. The number of phenols is 1. The Morgan fingerprint density at radius 2 is 1.89 bits per heavy atom. The lowest BCUT2D eigenvalue weighted by atomic mass is 9.98. The number of hydrogen-bond donors (Lipinski definition) is 1. The number of aryl methyl sites for hydroxylation is 1. The lowest BCUT2D eigenvalue weighted by Crippen LogP contribution is -1.84. The minimum atomic E-state index is 0.303. The van der Waals surface area contributed by atoms with Gasteiger partial charge in [0.1, 0.15) is 5.75 Å². The number of pyridine rings is 1. The van der Waals surface area contributed by atoms with E-state index in [2.05, 4.69) is 4.98 Å². The van der Waals surface area contributed by atoms with Gasteiger partial charge in [0.05, 0.1) is 0 Å². The van der Waals surface area contributed by atoms with Crippen LogP contribution in [-0.4, -0.2) is 10.1 Å². The molecule has 2 nitrogen and oxygen atoms in total. The molecule has 0 unspecified atom stereocenters. The first-order chi connectivity index (χ1) is 8.75. The van der Waals surface area contributed by atoms with Gasteiger partial charge in [-0.15, -0.1) is 0 Å². The molecule has 18 heavy (non-hydrogen) atoms. The molecule has 2 aromatic carbocycles. The van der Waals surface area contributed by atoms with Crippen LogP contribution < -0.4 is 0 Å². The molecule has 0 amide bonds. The van der Waals surface area contributed by atoms with Crippen molar-refractivity contribution in [3.05, 3.63) is 60.4 Å². The Hall–Kier alpha value is -2.35. The molecular formula is C16H13NO. The summed E-state index contributed by atoms with van der Waals surface area (Å²) in [6, 6.07) is 13.7. The summed E-state index contributed by atoms with van der Waals surface area (Å²) in [5, 5.41) is 12.2. The minimum absolute atomic E-state index is 0.303. The van der Waals surface area contributed by atoms with Crippen LogP contribution in [0.5, 0.6) is 5.75 Å². The van der Waals surface area contributed by atoms with Crippen molar-refractivity contribution in [3.8, 4) is 16.9 Å². The van der Waals surface area contributed by atoms with Gasteiger partial charge in [-0.2, -0.15) is 0 Å². The fourth-order valence-electron chi connectivity index (χ4n) is 2.21. The van der Waals surface area contributed by atoms with E-state index in [4.69, 9.17) is 0 Å². The molecule has 0 aliphatic carbocycles. The largest absolute Gasteiger partial charge is 0.507 e. The normalized spacial score (nSPS) is 10.7. The molecule has 0 radical (unpaired) electrons. The summed E-state index contributed by atoms with van der Waals surface area (Å²) in [6.07, 6.45) is 3.62. The second kappa shape index (κ2) is 4.15. The van der Waals surface area contributed by atoms with Crippen LogP contribution in [0.1, 0.15) is 5.56 Å². The highest BCUT2D eigenvalue weighted by molar-refractivity contribution is 5.97. The molecule has 88 valence electrons. The first kappa shape index (κ1) is 10.8. The van der Waals surface area contributed by atoms with E-state index in [9.17, 15) is 5.11 Å². The Morgan fingerprint density at radius 1 is 1.00 bits per heavy atom. The third-order valence-corrected chi connectivity index (χ3v) is 3.13. The number of benzene rings is 2. The monoisotopic (exact) mass is 235 g/mol. The Labute approximate surface area is 106 Å². The first-order valence-electron chi connectivity index (χ1n) is 5.88. The molecule has 1 heterocycles. The number of phenolic OH excluding ortho intramolecular Hbond substituents is 1. The average Bonchev–Trinajstić information content (AvgIpc) is 2.41. The van der Waals surface area contributed by atoms with E-state index in [1.54, 1.807) is 12.3 Å². The number of aromatic hydroxyl groups is 1. The highest BCUT2D eigenvalue weighted by atomic mass is 16.3. The zero-order valence-corrected chi connectivity index (χ0v) is 10.1. The molecule has 0 saturated heterocycles. The van der Waals surface area contributed by atoms with E-state index >= 15 is 0 Å². The van der Waals surface area contributed by atoms with Crippen LogP contribution in [0, 0.1) is 6.92 Å². The average molecular weight is 235 g/mol. The Kier molecular flexibility index (Phi) is 2.49. The van der Waals surface area contributed by atoms with Gasteiger partial charge in [-0.05, 0) is 36.1 Å². The lowest BCUT2D eigenvalue weighted by molar-refractivity contribution is 0.477. The van der Waals surface area contributed by atoms with Crippen LogP contribution >= 0.6 is 0 Å².